The number of rotatable bonds is 4. The zero-order valence-electron chi connectivity index (χ0n) is 26.9. The number of fused-ring (bicyclic) bond motifs is 9. The van der Waals surface area contributed by atoms with E-state index >= 15 is 0 Å². The van der Waals surface area contributed by atoms with Gasteiger partial charge in [-0.25, -0.2) is 15.0 Å². The van der Waals surface area contributed by atoms with Crippen LogP contribution in [0.25, 0.3) is 56.5 Å². The third-order valence-electron chi connectivity index (χ3n) is 9.89. The highest BCUT2D eigenvalue weighted by atomic mass is 32.2. The fraction of sp³-hybridized carbons (Fsp3) is 0.0222. The number of aromatic nitrogens is 4. The van der Waals surface area contributed by atoms with E-state index in [4.69, 9.17) is 15.0 Å². The van der Waals surface area contributed by atoms with Crippen molar-refractivity contribution in [3.63, 3.8) is 0 Å². The van der Waals surface area contributed by atoms with E-state index in [1.165, 1.54) is 48.7 Å². The third kappa shape index (κ3) is 4.40. The molecular formula is C45H28N4S. The van der Waals surface area contributed by atoms with Crippen LogP contribution in [0.15, 0.2) is 180 Å². The molecule has 4 nitrogen and oxygen atoms in total. The molecule has 0 unspecified atom stereocenters. The van der Waals surface area contributed by atoms with Crippen LogP contribution in [0.5, 0.6) is 0 Å². The van der Waals surface area contributed by atoms with Crippen LogP contribution >= 0.6 is 11.8 Å². The molecule has 2 aliphatic rings. The van der Waals surface area contributed by atoms with Crippen LogP contribution in [-0.4, -0.2) is 19.9 Å². The largest absolute Gasteiger partial charge is 0.253 e. The van der Waals surface area contributed by atoms with Crippen molar-refractivity contribution in [3.8, 4) is 56.5 Å². The van der Waals surface area contributed by atoms with E-state index in [-0.39, 0.29) is 5.41 Å². The molecule has 1 aliphatic carbocycles. The van der Waals surface area contributed by atoms with E-state index in [0.29, 0.717) is 23.2 Å². The Kier molecular flexibility index (Phi) is 6.61. The highest BCUT2D eigenvalue weighted by Gasteiger charge is 2.49. The minimum atomic E-state index is -0.368. The number of benzene rings is 6. The molecule has 3 heterocycles. The minimum Gasteiger partial charge on any atom is -0.253 e. The molecule has 0 saturated carbocycles. The lowest BCUT2D eigenvalue weighted by Crippen LogP contribution is -2.31. The van der Waals surface area contributed by atoms with Gasteiger partial charge in [-0.2, -0.15) is 0 Å². The summed E-state index contributed by atoms with van der Waals surface area (Å²) in [6.07, 6.45) is 1.76. The lowest BCUT2D eigenvalue weighted by molar-refractivity contribution is 0.722. The molecule has 0 fully saturated rings. The van der Waals surface area contributed by atoms with Crippen LogP contribution in [0, 0.1) is 0 Å². The van der Waals surface area contributed by atoms with Crippen LogP contribution in [-0.2, 0) is 5.41 Å². The molecule has 0 bridgehead atoms. The Morgan fingerprint density at radius 2 is 0.920 bits per heavy atom. The van der Waals surface area contributed by atoms with Crippen LogP contribution in [0.3, 0.4) is 0 Å². The highest BCUT2D eigenvalue weighted by Crippen LogP contribution is 2.62. The summed E-state index contributed by atoms with van der Waals surface area (Å²) >= 11 is 1.87. The van der Waals surface area contributed by atoms with Gasteiger partial charge in [-0.3, -0.25) is 4.98 Å². The van der Waals surface area contributed by atoms with Crippen molar-refractivity contribution in [2.24, 2.45) is 0 Å². The molecule has 0 atom stereocenters. The van der Waals surface area contributed by atoms with Crippen LogP contribution < -0.4 is 0 Å². The Balaban J connectivity index is 1.08. The first-order valence-electron chi connectivity index (χ1n) is 16.7. The summed E-state index contributed by atoms with van der Waals surface area (Å²) in [5, 5.41) is 0. The van der Waals surface area contributed by atoms with Crippen LogP contribution in [0.4, 0.5) is 0 Å². The van der Waals surface area contributed by atoms with Gasteiger partial charge in [-0.1, -0.05) is 151 Å². The first-order valence-corrected chi connectivity index (χ1v) is 17.5. The fourth-order valence-corrected chi connectivity index (χ4v) is 8.91. The average Bonchev–Trinajstić information content (AvgIpc) is 3.49. The molecule has 5 heteroatoms. The summed E-state index contributed by atoms with van der Waals surface area (Å²) < 4.78 is 0. The molecule has 0 radical (unpaired) electrons. The van der Waals surface area contributed by atoms with Crippen LogP contribution in [0.1, 0.15) is 22.3 Å². The van der Waals surface area contributed by atoms with Crippen molar-refractivity contribution >= 4 is 11.8 Å². The predicted molar refractivity (Wildman–Crippen MR) is 201 cm³/mol. The molecule has 50 heavy (non-hydrogen) atoms. The SMILES string of the molecule is c1ccc(-c2nc(-c3ccc(-c4ccc5c(c4)Sc4ccccc4C54c5ccccc5-c5ccccc54)cc3)nc(-c3ccccn3)n2)cc1. The Hall–Kier alpha value is -6.17. The standard InChI is InChI=1S/C45H28N4S/c1-2-12-30(13-3-1)42-47-43(49-44(48-42)39-19-10-11-27-46-39)31-23-21-29(22-24-31)32-25-26-38-41(28-32)50-40-20-9-8-18-37(40)45(38)35-16-6-4-14-33(35)34-15-5-7-17-36(34)45/h1-28H. The van der Waals surface area contributed by atoms with Gasteiger partial charge < -0.3 is 0 Å². The number of hydrogen-bond donors (Lipinski definition) is 0. The molecule has 10 rings (SSSR count). The molecule has 1 spiro atoms. The Labute approximate surface area is 294 Å². The second-order valence-electron chi connectivity index (χ2n) is 12.6. The quantitative estimate of drug-likeness (QED) is 0.189. The second-order valence-corrected chi connectivity index (χ2v) is 13.7. The molecular weight excluding hydrogens is 629 g/mol. The van der Waals surface area contributed by atoms with Gasteiger partial charge in [0.25, 0.3) is 0 Å². The average molecular weight is 657 g/mol. The molecule has 234 valence electrons. The van der Waals surface area contributed by atoms with E-state index in [9.17, 15) is 0 Å². The van der Waals surface area contributed by atoms with E-state index in [2.05, 4.69) is 120 Å². The van der Waals surface area contributed by atoms with Gasteiger partial charge in [0.1, 0.15) is 5.69 Å². The number of hydrogen-bond acceptors (Lipinski definition) is 5. The van der Waals surface area contributed by atoms with Gasteiger partial charge in [0.05, 0.1) is 5.41 Å². The van der Waals surface area contributed by atoms with Gasteiger partial charge in [0.15, 0.2) is 17.5 Å². The summed E-state index contributed by atoms with van der Waals surface area (Å²) in [7, 11) is 0. The predicted octanol–water partition coefficient (Wildman–Crippen LogP) is 10.8. The summed E-state index contributed by atoms with van der Waals surface area (Å²) in [4.78, 5) is 21.7. The topological polar surface area (TPSA) is 51.6 Å². The smallest absolute Gasteiger partial charge is 0.182 e. The fourth-order valence-electron chi connectivity index (χ4n) is 7.68. The second kappa shape index (κ2) is 11.5. The van der Waals surface area contributed by atoms with Gasteiger partial charge in [0.2, 0.25) is 0 Å². The zero-order valence-corrected chi connectivity index (χ0v) is 27.7. The van der Waals surface area contributed by atoms with E-state index in [0.717, 1.165) is 16.7 Å². The van der Waals surface area contributed by atoms with Crippen molar-refractivity contribution in [1.29, 1.82) is 0 Å². The lowest BCUT2D eigenvalue weighted by Gasteiger charge is -2.39. The maximum Gasteiger partial charge on any atom is 0.182 e. The Morgan fingerprint density at radius 1 is 0.380 bits per heavy atom. The third-order valence-corrected chi connectivity index (χ3v) is 11.0. The van der Waals surface area contributed by atoms with Crippen molar-refractivity contribution in [3.05, 3.63) is 192 Å². The molecule has 6 aromatic carbocycles. The van der Waals surface area contributed by atoms with E-state index < -0.39 is 0 Å². The maximum atomic E-state index is 4.90. The molecule has 0 N–H and O–H groups in total. The normalized spacial score (nSPS) is 13.3. The van der Waals surface area contributed by atoms with E-state index in [1.807, 2.05) is 60.3 Å². The van der Waals surface area contributed by atoms with Crippen molar-refractivity contribution in [2.45, 2.75) is 15.2 Å². The highest BCUT2D eigenvalue weighted by molar-refractivity contribution is 7.99. The lowest BCUT2D eigenvalue weighted by atomic mass is 9.67. The van der Waals surface area contributed by atoms with Crippen molar-refractivity contribution in [2.75, 3.05) is 0 Å². The minimum absolute atomic E-state index is 0.368. The van der Waals surface area contributed by atoms with Crippen molar-refractivity contribution in [1.82, 2.24) is 19.9 Å². The summed E-state index contributed by atoms with van der Waals surface area (Å²) in [5.74, 6) is 1.79. The molecule has 2 aromatic heterocycles. The van der Waals surface area contributed by atoms with Crippen LogP contribution in [0.2, 0.25) is 0 Å². The summed E-state index contributed by atoms with van der Waals surface area (Å²) in [5.41, 5.74) is 12.5. The Morgan fingerprint density at radius 3 is 1.62 bits per heavy atom. The van der Waals surface area contributed by atoms with Gasteiger partial charge in [-0.05, 0) is 68.8 Å². The summed E-state index contributed by atoms with van der Waals surface area (Å²) in [6, 6.07) is 58.1. The molecule has 0 amide bonds. The summed E-state index contributed by atoms with van der Waals surface area (Å²) in [6.45, 7) is 0. The number of pyridine rings is 1. The van der Waals surface area contributed by atoms with Gasteiger partial charge in [0, 0.05) is 27.1 Å². The Bertz CT molecular complexity index is 2460. The molecule has 1 aliphatic heterocycles. The zero-order chi connectivity index (χ0) is 33.1. The molecule has 0 saturated heterocycles. The number of nitrogens with zero attached hydrogens (tertiary/aromatic N) is 4. The molecule has 8 aromatic rings. The first-order chi connectivity index (χ1) is 24.8. The maximum absolute atomic E-state index is 4.90. The first kappa shape index (κ1) is 28.8. The van der Waals surface area contributed by atoms with Gasteiger partial charge >= 0.3 is 0 Å². The van der Waals surface area contributed by atoms with E-state index in [1.54, 1.807) is 6.20 Å². The monoisotopic (exact) mass is 656 g/mol. The van der Waals surface area contributed by atoms with Gasteiger partial charge in [-0.15, -0.1) is 0 Å². The van der Waals surface area contributed by atoms with Crippen molar-refractivity contribution < 1.29 is 0 Å².